The summed E-state index contributed by atoms with van der Waals surface area (Å²) in [6.45, 7) is 0.518. The number of hydrogen-bond donors (Lipinski definition) is 1. The molecule has 1 aromatic heterocycles. The van der Waals surface area contributed by atoms with E-state index < -0.39 is 0 Å². The number of thiazole rings is 1. The van der Waals surface area contributed by atoms with E-state index in [4.69, 9.17) is 17.3 Å². The van der Waals surface area contributed by atoms with Crippen molar-refractivity contribution in [2.24, 2.45) is 5.73 Å². The number of halogens is 1. The molecule has 0 unspecified atom stereocenters. The third kappa shape index (κ3) is 1.10. The van der Waals surface area contributed by atoms with Crippen molar-refractivity contribution in [2.75, 3.05) is 0 Å². The summed E-state index contributed by atoms with van der Waals surface area (Å²) < 4.78 is 1.05. The lowest BCUT2D eigenvalue weighted by atomic mass is 10.2. The lowest BCUT2D eigenvalue weighted by molar-refractivity contribution is 1.09. The average Bonchev–Trinajstić information content (AvgIpc) is 2.54. The second-order valence-electron chi connectivity index (χ2n) is 2.39. The lowest BCUT2D eigenvalue weighted by Gasteiger charge is -1.98. The third-order valence-electron chi connectivity index (χ3n) is 1.69. The summed E-state index contributed by atoms with van der Waals surface area (Å²) in [5.74, 6) is 0. The molecule has 0 bridgehead atoms. The van der Waals surface area contributed by atoms with Gasteiger partial charge < -0.3 is 5.73 Å². The zero-order valence-corrected chi connectivity index (χ0v) is 7.75. The third-order valence-corrected chi connectivity index (χ3v) is 2.84. The fourth-order valence-electron chi connectivity index (χ4n) is 1.08. The smallest absolute Gasteiger partial charge is 0.153 e. The number of fused-ring (bicyclic) bond motifs is 1. The van der Waals surface area contributed by atoms with Crippen molar-refractivity contribution in [3.05, 3.63) is 28.2 Å². The maximum Gasteiger partial charge on any atom is 0.153 e. The first-order valence-corrected chi connectivity index (χ1v) is 4.66. The van der Waals surface area contributed by atoms with Crippen molar-refractivity contribution < 1.29 is 0 Å². The van der Waals surface area contributed by atoms with Gasteiger partial charge in [0.1, 0.15) is 5.52 Å². The van der Waals surface area contributed by atoms with Gasteiger partial charge in [0.25, 0.3) is 0 Å². The Morgan fingerprint density at radius 2 is 2.42 bits per heavy atom. The van der Waals surface area contributed by atoms with Crippen LogP contribution >= 0.6 is 22.9 Å². The van der Waals surface area contributed by atoms with Crippen molar-refractivity contribution in [3.8, 4) is 0 Å². The van der Waals surface area contributed by atoms with Gasteiger partial charge in [-0.25, -0.2) is 4.98 Å². The average molecular weight is 198 g/mol. The number of rotatable bonds is 1. The molecule has 0 fully saturated rings. The van der Waals surface area contributed by atoms with Crippen LogP contribution in [0.4, 0.5) is 0 Å². The van der Waals surface area contributed by atoms with Gasteiger partial charge in [0, 0.05) is 6.54 Å². The zero-order chi connectivity index (χ0) is 8.55. The second-order valence-corrected chi connectivity index (χ2v) is 3.60. The molecule has 1 aromatic carbocycles. The largest absolute Gasteiger partial charge is 0.326 e. The Balaban J connectivity index is 2.82. The summed E-state index contributed by atoms with van der Waals surface area (Å²) in [6.07, 6.45) is 0. The predicted octanol–water partition coefficient (Wildman–Crippen LogP) is 2.21. The molecule has 0 aliphatic carbocycles. The van der Waals surface area contributed by atoms with Crippen LogP contribution in [0.5, 0.6) is 0 Å². The standard InChI is InChI=1S/C8H6ClN2S/c9-6-2-1-5(3-10)8-7(6)11-4-12-8/h1-2H,3,10H2. The highest BCUT2D eigenvalue weighted by molar-refractivity contribution is 7.16. The molecule has 0 aliphatic heterocycles. The zero-order valence-electron chi connectivity index (χ0n) is 6.17. The molecule has 4 heteroatoms. The van der Waals surface area contributed by atoms with Gasteiger partial charge in [0.2, 0.25) is 0 Å². The minimum atomic E-state index is 0.518. The molecule has 2 aromatic rings. The quantitative estimate of drug-likeness (QED) is 0.762. The summed E-state index contributed by atoms with van der Waals surface area (Å²) in [5.41, 5.74) is 10.2. The molecule has 0 saturated heterocycles. The van der Waals surface area contributed by atoms with Gasteiger partial charge in [-0.3, -0.25) is 0 Å². The first kappa shape index (κ1) is 7.98. The van der Waals surface area contributed by atoms with Crippen LogP contribution in [0.2, 0.25) is 5.02 Å². The first-order valence-electron chi connectivity index (χ1n) is 3.47. The van der Waals surface area contributed by atoms with E-state index in [0.29, 0.717) is 11.6 Å². The molecule has 1 radical (unpaired) electrons. The lowest BCUT2D eigenvalue weighted by Crippen LogP contribution is -1.95. The van der Waals surface area contributed by atoms with Gasteiger partial charge in [-0.05, 0) is 11.6 Å². The Bertz CT molecular complexity index is 410. The molecular formula is C8H6ClN2S. The minimum absolute atomic E-state index is 0.518. The van der Waals surface area contributed by atoms with Crippen molar-refractivity contribution in [3.63, 3.8) is 0 Å². The maximum absolute atomic E-state index is 5.91. The highest BCUT2D eigenvalue weighted by Gasteiger charge is 2.05. The van der Waals surface area contributed by atoms with Gasteiger partial charge in [-0.15, -0.1) is 11.3 Å². The second kappa shape index (κ2) is 3.01. The summed E-state index contributed by atoms with van der Waals surface area (Å²) in [7, 11) is 0. The highest BCUT2D eigenvalue weighted by atomic mass is 35.5. The Morgan fingerprint density at radius 1 is 1.58 bits per heavy atom. The molecule has 2 N–H and O–H groups in total. The van der Waals surface area contributed by atoms with E-state index in [1.54, 1.807) is 0 Å². The van der Waals surface area contributed by atoms with Crippen molar-refractivity contribution >= 4 is 33.2 Å². The SMILES string of the molecule is NCc1ccc(Cl)c2n[c]sc12. The number of nitrogens with two attached hydrogens (primary N) is 1. The molecule has 0 saturated carbocycles. The topological polar surface area (TPSA) is 38.9 Å². The van der Waals surface area contributed by atoms with Gasteiger partial charge in [-0.2, -0.15) is 0 Å². The molecule has 12 heavy (non-hydrogen) atoms. The van der Waals surface area contributed by atoms with E-state index in [2.05, 4.69) is 10.5 Å². The van der Waals surface area contributed by atoms with Crippen LogP contribution in [-0.4, -0.2) is 4.98 Å². The predicted molar refractivity (Wildman–Crippen MR) is 51.4 cm³/mol. The van der Waals surface area contributed by atoms with E-state index in [1.807, 2.05) is 12.1 Å². The summed E-state index contributed by atoms with van der Waals surface area (Å²) >= 11 is 7.36. The highest BCUT2D eigenvalue weighted by Crippen LogP contribution is 2.27. The molecule has 0 aliphatic rings. The number of aromatic nitrogens is 1. The number of benzene rings is 1. The Kier molecular flexibility index (Phi) is 2.00. The molecule has 0 spiro atoms. The van der Waals surface area contributed by atoms with Gasteiger partial charge in [-0.1, -0.05) is 17.7 Å². The Hall–Kier alpha value is -0.640. The fraction of sp³-hybridized carbons (Fsp3) is 0.125. The van der Waals surface area contributed by atoms with E-state index in [1.165, 1.54) is 11.3 Å². The van der Waals surface area contributed by atoms with Crippen LogP contribution in [0.25, 0.3) is 10.2 Å². The molecule has 2 rings (SSSR count). The summed E-state index contributed by atoms with van der Waals surface area (Å²) in [4.78, 5) is 4.03. The van der Waals surface area contributed by atoms with E-state index in [9.17, 15) is 0 Å². The van der Waals surface area contributed by atoms with Gasteiger partial charge in [0.05, 0.1) is 9.72 Å². The number of hydrogen-bond acceptors (Lipinski definition) is 3. The van der Waals surface area contributed by atoms with Gasteiger partial charge in [0.15, 0.2) is 5.51 Å². The van der Waals surface area contributed by atoms with Crippen LogP contribution in [0.15, 0.2) is 12.1 Å². The first-order chi connectivity index (χ1) is 5.83. The molecule has 0 atom stereocenters. The molecule has 2 nitrogen and oxygen atoms in total. The summed E-state index contributed by atoms with van der Waals surface area (Å²) in [6, 6.07) is 3.75. The van der Waals surface area contributed by atoms with Crippen LogP contribution in [0, 0.1) is 5.51 Å². The van der Waals surface area contributed by atoms with Crippen molar-refractivity contribution in [1.82, 2.24) is 4.98 Å². The summed E-state index contributed by atoms with van der Waals surface area (Å²) in [5, 5.41) is 0.666. The Morgan fingerprint density at radius 3 is 3.17 bits per heavy atom. The minimum Gasteiger partial charge on any atom is -0.326 e. The van der Waals surface area contributed by atoms with Crippen LogP contribution < -0.4 is 5.73 Å². The number of nitrogens with zero attached hydrogens (tertiary/aromatic N) is 1. The van der Waals surface area contributed by atoms with Crippen LogP contribution in [0.1, 0.15) is 5.56 Å². The van der Waals surface area contributed by atoms with Crippen LogP contribution in [-0.2, 0) is 6.54 Å². The molecule has 61 valence electrons. The van der Waals surface area contributed by atoms with Crippen molar-refractivity contribution in [2.45, 2.75) is 6.54 Å². The fourth-order valence-corrected chi connectivity index (χ4v) is 2.10. The van der Waals surface area contributed by atoms with Gasteiger partial charge >= 0.3 is 0 Å². The maximum atomic E-state index is 5.91. The monoisotopic (exact) mass is 197 g/mol. The Labute approximate surface area is 79.0 Å². The van der Waals surface area contributed by atoms with Crippen molar-refractivity contribution in [1.29, 1.82) is 0 Å². The van der Waals surface area contributed by atoms with E-state index in [0.717, 1.165) is 15.8 Å². The van der Waals surface area contributed by atoms with E-state index >= 15 is 0 Å². The van der Waals surface area contributed by atoms with E-state index in [-0.39, 0.29) is 0 Å². The van der Waals surface area contributed by atoms with Crippen LogP contribution in [0.3, 0.4) is 0 Å². The molecule has 1 heterocycles. The normalized spacial score (nSPS) is 10.8. The molecule has 0 amide bonds. The molecular weight excluding hydrogens is 192 g/mol.